The van der Waals surface area contributed by atoms with Crippen molar-refractivity contribution in [3.63, 3.8) is 0 Å². The van der Waals surface area contributed by atoms with Gasteiger partial charge < -0.3 is 15.4 Å². The third-order valence-corrected chi connectivity index (χ3v) is 5.52. The van der Waals surface area contributed by atoms with Gasteiger partial charge in [-0.15, -0.1) is 11.3 Å². The van der Waals surface area contributed by atoms with Gasteiger partial charge in [0.25, 0.3) is 5.91 Å². The van der Waals surface area contributed by atoms with Crippen LogP contribution >= 0.6 is 11.3 Å². The number of hydrogen-bond acceptors (Lipinski definition) is 6. The first-order valence-electron chi connectivity index (χ1n) is 7.99. The minimum absolute atomic E-state index is 0.0712. The zero-order chi connectivity index (χ0) is 20.2. The van der Waals surface area contributed by atoms with Gasteiger partial charge in [0, 0.05) is 5.69 Å². The Bertz CT molecular complexity index is 924. The Kier molecular flexibility index (Phi) is 6.58. The van der Waals surface area contributed by atoms with Crippen LogP contribution in [-0.2, 0) is 14.8 Å². The fourth-order valence-corrected chi connectivity index (χ4v) is 3.70. The van der Waals surface area contributed by atoms with E-state index in [2.05, 4.69) is 10.6 Å². The van der Waals surface area contributed by atoms with Gasteiger partial charge in [0.15, 0.2) is 0 Å². The Morgan fingerprint density at radius 1 is 1.22 bits per heavy atom. The number of rotatable bonds is 7. The Morgan fingerprint density at radius 2 is 1.93 bits per heavy atom. The van der Waals surface area contributed by atoms with E-state index < -0.39 is 22.0 Å². The molecular formula is C17H21N3O5S2. The van der Waals surface area contributed by atoms with E-state index in [1.54, 1.807) is 31.4 Å². The highest BCUT2D eigenvalue weighted by atomic mass is 32.2. The Labute approximate surface area is 161 Å². The van der Waals surface area contributed by atoms with Crippen molar-refractivity contribution in [2.75, 3.05) is 12.4 Å². The number of amides is 2. The number of methoxy groups -OCH3 is 1. The molecule has 8 nitrogen and oxygen atoms in total. The number of benzene rings is 1. The number of primary sulfonamides is 1. The van der Waals surface area contributed by atoms with Crippen molar-refractivity contribution in [1.82, 2.24) is 5.32 Å². The first-order chi connectivity index (χ1) is 12.6. The second-order valence-corrected chi connectivity index (χ2v) is 8.55. The minimum atomic E-state index is -4.03. The average molecular weight is 412 g/mol. The second kappa shape index (κ2) is 8.51. The van der Waals surface area contributed by atoms with Crippen molar-refractivity contribution in [2.45, 2.75) is 24.8 Å². The van der Waals surface area contributed by atoms with Gasteiger partial charge in [0.1, 0.15) is 16.7 Å². The number of thiophene rings is 1. The molecule has 0 saturated carbocycles. The van der Waals surface area contributed by atoms with Crippen LogP contribution in [0, 0.1) is 5.92 Å². The van der Waals surface area contributed by atoms with E-state index in [-0.39, 0.29) is 28.2 Å². The maximum atomic E-state index is 12.6. The molecule has 0 aliphatic heterocycles. The molecule has 4 N–H and O–H groups in total. The quantitative estimate of drug-likeness (QED) is 0.640. The summed E-state index contributed by atoms with van der Waals surface area (Å²) in [7, 11) is -2.72. The number of anilines is 1. The van der Waals surface area contributed by atoms with Crippen molar-refractivity contribution < 1.29 is 22.7 Å². The number of sulfonamides is 1. The molecule has 0 saturated heterocycles. The summed E-state index contributed by atoms with van der Waals surface area (Å²) in [4.78, 5) is 25.1. The Balaban J connectivity index is 2.21. The molecule has 27 heavy (non-hydrogen) atoms. The van der Waals surface area contributed by atoms with Gasteiger partial charge in [-0.1, -0.05) is 19.9 Å². The van der Waals surface area contributed by atoms with Crippen LogP contribution in [0.3, 0.4) is 0 Å². The molecule has 10 heteroatoms. The van der Waals surface area contributed by atoms with E-state index in [1.807, 2.05) is 0 Å². The number of carbonyl (C=O) groups excluding carboxylic acids is 2. The highest BCUT2D eigenvalue weighted by Gasteiger charge is 2.26. The summed E-state index contributed by atoms with van der Waals surface area (Å²) in [5.41, 5.74) is 0.223. The summed E-state index contributed by atoms with van der Waals surface area (Å²) in [6, 6.07) is 6.70. The van der Waals surface area contributed by atoms with Gasteiger partial charge >= 0.3 is 0 Å². The van der Waals surface area contributed by atoms with E-state index in [0.29, 0.717) is 4.88 Å². The molecule has 146 valence electrons. The molecule has 2 rings (SSSR count). The monoisotopic (exact) mass is 411 g/mol. The Morgan fingerprint density at radius 3 is 2.44 bits per heavy atom. The SMILES string of the molecule is COc1ccc(NC(=O)[C@@H](NC(=O)c2cccs2)C(C)C)cc1S(N)(=O)=O. The van der Waals surface area contributed by atoms with Gasteiger partial charge in [-0.3, -0.25) is 9.59 Å². The highest BCUT2D eigenvalue weighted by Crippen LogP contribution is 2.26. The summed E-state index contributed by atoms with van der Waals surface area (Å²) in [5.74, 6) is -0.939. The van der Waals surface area contributed by atoms with Crippen molar-refractivity contribution in [3.05, 3.63) is 40.6 Å². The topological polar surface area (TPSA) is 128 Å². The zero-order valence-corrected chi connectivity index (χ0v) is 16.7. The fourth-order valence-electron chi connectivity index (χ4n) is 2.35. The predicted molar refractivity (Wildman–Crippen MR) is 103 cm³/mol. The highest BCUT2D eigenvalue weighted by molar-refractivity contribution is 7.89. The first kappa shape index (κ1) is 20.9. The number of carbonyl (C=O) groups is 2. The predicted octanol–water partition coefficient (Wildman–Crippen LogP) is 1.80. The van der Waals surface area contributed by atoms with Crippen LogP contribution in [0.1, 0.15) is 23.5 Å². The van der Waals surface area contributed by atoms with Crippen LogP contribution in [-0.4, -0.2) is 33.4 Å². The number of hydrogen-bond donors (Lipinski definition) is 3. The molecule has 0 spiro atoms. The third kappa shape index (κ3) is 5.28. The maximum Gasteiger partial charge on any atom is 0.262 e. The smallest absolute Gasteiger partial charge is 0.262 e. The van der Waals surface area contributed by atoms with Gasteiger partial charge in [-0.2, -0.15) is 0 Å². The molecule has 1 atom stereocenters. The molecule has 0 unspecified atom stereocenters. The lowest BCUT2D eigenvalue weighted by atomic mass is 10.0. The van der Waals surface area contributed by atoms with Gasteiger partial charge in [0.05, 0.1) is 12.0 Å². The Hall–Kier alpha value is -2.43. The van der Waals surface area contributed by atoms with Crippen LogP contribution in [0.25, 0.3) is 0 Å². The lowest BCUT2D eigenvalue weighted by Crippen LogP contribution is -2.46. The lowest BCUT2D eigenvalue weighted by Gasteiger charge is -2.21. The molecule has 0 fully saturated rings. The largest absolute Gasteiger partial charge is 0.495 e. The fraction of sp³-hybridized carbons (Fsp3) is 0.294. The van der Waals surface area contributed by atoms with Crippen LogP contribution < -0.4 is 20.5 Å². The number of nitrogens with one attached hydrogen (secondary N) is 2. The number of ether oxygens (including phenoxy) is 1. The minimum Gasteiger partial charge on any atom is -0.495 e. The summed E-state index contributed by atoms with van der Waals surface area (Å²) in [5, 5.41) is 12.3. The van der Waals surface area contributed by atoms with Gasteiger partial charge in [-0.25, -0.2) is 13.6 Å². The third-order valence-electron chi connectivity index (χ3n) is 3.72. The summed E-state index contributed by atoms with van der Waals surface area (Å²) >= 11 is 1.27. The molecule has 2 aromatic rings. The second-order valence-electron chi connectivity index (χ2n) is 6.07. The van der Waals surface area contributed by atoms with E-state index in [9.17, 15) is 18.0 Å². The maximum absolute atomic E-state index is 12.6. The van der Waals surface area contributed by atoms with Gasteiger partial charge in [-0.05, 0) is 35.6 Å². The standard InChI is InChI=1S/C17H21N3O5S2/c1-10(2)15(20-16(21)13-5-4-8-26-13)17(22)19-11-6-7-12(25-3)14(9-11)27(18,23)24/h4-10,15H,1-3H3,(H,19,22)(H,20,21)(H2,18,23,24)/t15-/m0/s1. The molecule has 0 aliphatic rings. The first-order valence-corrected chi connectivity index (χ1v) is 10.4. The van der Waals surface area contributed by atoms with Crippen LogP contribution in [0.5, 0.6) is 5.75 Å². The van der Waals surface area contributed by atoms with Crippen molar-refractivity contribution in [2.24, 2.45) is 11.1 Å². The molecule has 1 aromatic carbocycles. The molecule has 0 bridgehead atoms. The zero-order valence-electron chi connectivity index (χ0n) is 15.1. The van der Waals surface area contributed by atoms with Crippen molar-refractivity contribution >= 4 is 38.9 Å². The van der Waals surface area contributed by atoms with Crippen molar-refractivity contribution in [3.8, 4) is 5.75 Å². The van der Waals surface area contributed by atoms with E-state index in [1.165, 1.54) is 36.6 Å². The van der Waals surface area contributed by atoms with Crippen LogP contribution in [0.15, 0.2) is 40.6 Å². The van der Waals surface area contributed by atoms with Crippen LogP contribution in [0.2, 0.25) is 0 Å². The normalized spacial score (nSPS) is 12.5. The van der Waals surface area contributed by atoms with E-state index >= 15 is 0 Å². The lowest BCUT2D eigenvalue weighted by molar-refractivity contribution is -0.118. The van der Waals surface area contributed by atoms with E-state index in [0.717, 1.165) is 0 Å². The molecule has 0 radical (unpaired) electrons. The van der Waals surface area contributed by atoms with E-state index in [4.69, 9.17) is 9.88 Å². The number of nitrogens with two attached hydrogens (primary N) is 1. The molecule has 0 aliphatic carbocycles. The summed E-state index contributed by atoms with van der Waals surface area (Å²) in [6.07, 6.45) is 0. The molecule has 1 aromatic heterocycles. The summed E-state index contributed by atoms with van der Waals surface area (Å²) in [6.45, 7) is 3.59. The molecular weight excluding hydrogens is 390 g/mol. The molecule has 2 amide bonds. The van der Waals surface area contributed by atoms with Crippen LogP contribution in [0.4, 0.5) is 5.69 Å². The molecule has 1 heterocycles. The van der Waals surface area contributed by atoms with Crippen molar-refractivity contribution in [1.29, 1.82) is 0 Å². The summed E-state index contributed by atoms with van der Waals surface area (Å²) < 4.78 is 28.4. The average Bonchev–Trinajstić information content (AvgIpc) is 3.13. The van der Waals surface area contributed by atoms with Gasteiger partial charge in [0.2, 0.25) is 15.9 Å².